The summed E-state index contributed by atoms with van der Waals surface area (Å²) in [7, 11) is 0. The summed E-state index contributed by atoms with van der Waals surface area (Å²) in [4.78, 5) is 13.1. The first-order valence-electron chi connectivity index (χ1n) is 23.7. The van der Waals surface area contributed by atoms with Crippen LogP contribution in [-0.4, -0.2) is 169 Å². The van der Waals surface area contributed by atoms with Gasteiger partial charge in [-0.1, -0.05) is 53.2 Å². The van der Waals surface area contributed by atoms with Crippen molar-refractivity contribution in [3.63, 3.8) is 0 Å². The van der Waals surface area contributed by atoms with Crippen LogP contribution in [0.5, 0.6) is 0 Å². The van der Waals surface area contributed by atoms with Gasteiger partial charge in [-0.25, -0.2) is 0 Å². The summed E-state index contributed by atoms with van der Waals surface area (Å²) in [6, 6.07) is 0. The Morgan fingerprint density at radius 2 is 1.39 bits per heavy atom. The fraction of sp³-hybridized carbons (Fsp3) is 0.936. The lowest BCUT2D eigenvalue weighted by Gasteiger charge is -2.71. The number of hydrogen-bond donors (Lipinski definition) is 10. The third-order valence-electron chi connectivity index (χ3n) is 19.1. The van der Waals surface area contributed by atoms with Crippen LogP contribution < -0.4 is 0 Å². The first kappa shape index (κ1) is 49.0. The van der Waals surface area contributed by atoms with Gasteiger partial charge in [0, 0.05) is 5.41 Å². The van der Waals surface area contributed by atoms with E-state index in [1.54, 1.807) is 0 Å². The second-order valence-corrected chi connectivity index (χ2v) is 22.9. The van der Waals surface area contributed by atoms with Crippen LogP contribution in [-0.2, 0) is 33.2 Å². The number of rotatable bonds is 9. The predicted octanol–water partition coefficient (Wildman–Crippen LogP) is 1.35. The second-order valence-electron chi connectivity index (χ2n) is 22.9. The van der Waals surface area contributed by atoms with Crippen LogP contribution in [0.2, 0.25) is 0 Å². The van der Waals surface area contributed by atoms with Crippen LogP contribution in [0, 0.1) is 50.2 Å². The molecule has 7 fully saturated rings. The normalized spacial score (nSPS) is 55.0. The van der Waals surface area contributed by atoms with Gasteiger partial charge in [0.05, 0.1) is 37.4 Å². The Balaban J connectivity index is 1.01. The average Bonchev–Trinajstić information content (AvgIpc) is 3.24. The molecule has 9 unspecified atom stereocenters. The van der Waals surface area contributed by atoms with Crippen LogP contribution in [0.15, 0.2) is 11.6 Å². The highest BCUT2D eigenvalue weighted by Gasteiger charge is 2.70. The Bertz CT molecular complexity index is 1750. The first-order valence-corrected chi connectivity index (χ1v) is 23.7. The average molecular weight is 913 g/mol. The highest BCUT2D eigenvalue weighted by molar-refractivity contribution is 5.76. The summed E-state index contributed by atoms with van der Waals surface area (Å²) in [5.74, 6) is -0.391. The molecular weight excluding hydrogens is 837 g/mol. The maximum atomic E-state index is 13.1. The van der Waals surface area contributed by atoms with Crippen molar-refractivity contribution in [2.24, 2.45) is 50.2 Å². The van der Waals surface area contributed by atoms with Crippen molar-refractivity contribution >= 4 is 5.97 Å². The van der Waals surface area contributed by atoms with E-state index < -0.39 is 116 Å². The Kier molecular flexibility index (Phi) is 13.2. The van der Waals surface area contributed by atoms with E-state index in [9.17, 15) is 55.9 Å². The zero-order valence-corrected chi connectivity index (χ0v) is 38.5. The van der Waals surface area contributed by atoms with E-state index in [1.165, 1.54) is 12.5 Å². The Morgan fingerprint density at radius 3 is 2.06 bits per heavy atom. The maximum Gasteiger partial charge on any atom is 0.310 e. The molecule has 5 aliphatic carbocycles. The molecule has 366 valence electrons. The van der Waals surface area contributed by atoms with Crippen molar-refractivity contribution in [1.82, 2.24) is 0 Å². The summed E-state index contributed by atoms with van der Waals surface area (Å²) in [6.07, 6.45) is -11.9. The lowest BCUT2D eigenvalue weighted by atomic mass is 9.33. The molecule has 3 saturated heterocycles. The van der Waals surface area contributed by atoms with Gasteiger partial charge in [0.1, 0.15) is 61.0 Å². The summed E-state index contributed by atoms with van der Waals surface area (Å²) in [5.41, 5.74) is -0.609. The number of aliphatic hydroxyl groups is 9. The number of hydrogen-bond acceptors (Lipinski definition) is 16. The SMILES string of the molecule is C[C@H]1O[C@@H](O[C@H]2[C@H](OC3CCC4(C)C(CCC5(C)C4CC=C4C6CC(C)(C)CCC6(C(=O)O)CCC45C)C3(C)CO)OC[C@@H](O)[C@H]2O)[C@H](O)[C@H](O[C@@H]2O[C@H](CO)[C@@H](O)[C@@H](O)[C@H]2O)[C@@H]1O. The van der Waals surface area contributed by atoms with Gasteiger partial charge < -0.3 is 79.5 Å². The standard InChI is InChI=1S/C47H76O17/c1-22-30(51)36(63-38-34(55)33(54)32(53)26(19-48)61-38)35(56)39(60-22)64-37-31(52)25(50)20-59-40(37)62-29-11-12-43(4)27(44(29,5)21-49)10-13-46(7)28(43)9-8-23-24-18-42(2,3)14-16-47(24,41(57)58)17-15-45(23,46)6/h8,22,24-40,48-56H,9-21H2,1-7H3,(H,57,58)/t22-,24?,25-,26-,27?,28?,29?,30-,31-,32-,33-,34-,35-,36-,37-,38+,39+,40+,43?,44?,45?,46?,47?/m1/s1. The molecule has 17 heteroatoms. The number of aliphatic hydroxyl groups excluding tert-OH is 9. The monoisotopic (exact) mass is 913 g/mol. The molecule has 3 aliphatic heterocycles. The quantitative estimate of drug-likeness (QED) is 0.116. The number of ether oxygens (including phenoxy) is 6. The Morgan fingerprint density at radius 1 is 0.719 bits per heavy atom. The summed E-state index contributed by atoms with van der Waals surface area (Å²) >= 11 is 0. The van der Waals surface area contributed by atoms with E-state index in [2.05, 4.69) is 40.7 Å². The molecule has 10 N–H and O–H groups in total. The van der Waals surface area contributed by atoms with E-state index in [0.29, 0.717) is 19.3 Å². The molecule has 0 amide bonds. The molecule has 0 aromatic rings. The van der Waals surface area contributed by atoms with E-state index >= 15 is 0 Å². The van der Waals surface area contributed by atoms with Crippen LogP contribution in [0.3, 0.4) is 0 Å². The number of allylic oxidation sites excluding steroid dienone is 2. The van der Waals surface area contributed by atoms with E-state index in [0.717, 1.165) is 44.9 Å². The minimum atomic E-state index is -1.82. The van der Waals surface area contributed by atoms with Crippen molar-refractivity contribution in [1.29, 1.82) is 0 Å². The highest BCUT2D eigenvalue weighted by atomic mass is 16.8. The number of fused-ring (bicyclic) bond motifs is 7. The zero-order chi connectivity index (χ0) is 46.7. The van der Waals surface area contributed by atoms with Crippen molar-refractivity contribution in [3.8, 4) is 0 Å². The molecule has 17 nitrogen and oxygen atoms in total. The molecule has 0 aromatic carbocycles. The van der Waals surface area contributed by atoms with Gasteiger partial charge in [-0.2, -0.15) is 0 Å². The van der Waals surface area contributed by atoms with Gasteiger partial charge in [-0.3, -0.25) is 4.79 Å². The number of carboxylic acids is 1. The number of carbonyl (C=O) groups is 1. The third-order valence-corrected chi connectivity index (χ3v) is 19.1. The Hall–Kier alpha value is -1.39. The third kappa shape index (κ3) is 7.49. The summed E-state index contributed by atoms with van der Waals surface area (Å²) in [6.45, 7) is 14.1. The molecule has 0 spiro atoms. The summed E-state index contributed by atoms with van der Waals surface area (Å²) in [5, 5.41) is 108. The predicted molar refractivity (Wildman–Crippen MR) is 225 cm³/mol. The number of carboxylic acid groups (broad SMARTS) is 1. The minimum Gasteiger partial charge on any atom is -0.481 e. The fourth-order valence-electron chi connectivity index (χ4n) is 14.8. The van der Waals surface area contributed by atoms with Crippen molar-refractivity contribution in [2.75, 3.05) is 19.8 Å². The van der Waals surface area contributed by atoms with Gasteiger partial charge in [0.25, 0.3) is 0 Å². The molecule has 3 heterocycles. The smallest absolute Gasteiger partial charge is 0.310 e. The fourth-order valence-corrected chi connectivity index (χ4v) is 14.8. The zero-order valence-electron chi connectivity index (χ0n) is 38.5. The van der Waals surface area contributed by atoms with Crippen LogP contribution in [0.1, 0.15) is 113 Å². The number of aliphatic carboxylic acids is 1. The van der Waals surface area contributed by atoms with E-state index in [-0.39, 0.29) is 52.6 Å². The molecule has 0 aromatic heterocycles. The molecule has 23 atom stereocenters. The Labute approximate surface area is 376 Å². The van der Waals surface area contributed by atoms with Gasteiger partial charge >= 0.3 is 5.97 Å². The van der Waals surface area contributed by atoms with Gasteiger partial charge in [-0.15, -0.1) is 0 Å². The molecule has 0 radical (unpaired) electrons. The van der Waals surface area contributed by atoms with Gasteiger partial charge in [0.2, 0.25) is 0 Å². The maximum absolute atomic E-state index is 13.1. The first-order chi connectivity index (χ1) is 29.9. The highest BCUT2D eigenvalue weighted by Crippen LogP contribution is 2.76. The van der Waals surface area contributed by atoms with Crippen LogP contribution >= 0.6 is 0 Å². The van der Waals surface area contributed by atoms with Crippen LogP contribution in [0.4, 0.5) is 0 Å². The topological polar surface area (TPSA) is 275 Å². The van der Waals surface area contributed by atoms with E-state index in [1.807, 2.05) is 6.92 Å². The van der Waals surface area contributed by atoms with Crippen molar-refractivity contribution in [2.45, 2.75) is 205 Å². The minimum absolute atomic E-state index is 0.00330. The molecule has 0 bridgehead atoms. The van der Waals surface area contributed by atoms with Crippen molar-refractivity contribution < 1.29 is 84.3 Å². The van der Waals surface area contributed by atoms with Gasteiger partial charge in [0.15, 0.2) is 18.9 Å². The molecule has 8 rings (SSSR count). The molecule has 64 heavy (non-hydrogen) atoms. The van der Waals surface area contributed by atoms with Crippen LogP contribution in [0.25, 0.3) is 0 Å². The van der Waals surface area contributed by atoms with Crippen molar-refractivity contribution in [3.05, 3.63) is 11.6 Å². The lowest BCUT2D eigenvalue weighted by molar-refractivity contribution is -0.383. The summed E-state index contributed by atoms with van der Waals surface area (Å²) < 4.78 is 36.1. The molecule has 4 saturated carbocycles. The second kappa shape index (κ2) is 17.2. The largest absolute Gasteiger partial charge is 0.481 e. The van der Waals surface area contributed by atoms with E-state index in [4.69, 9.17) is 28.4 Å². The molecular formula is C47H76O17. The lowest BCUT2D eigenvalue weighted by Crippen LogP contribution is -2.67. The molecule has 8 aliphatic rings. The van der Waals surface area contributed by atoms with Gasteiger partial charge in [-0.05, 0) is 111 Å².